The van der Waals surface area contributed by atoms with Gasteiger partial charge in [0.2, 0.25) is 5.91 Å². The van der Waals surface area contributed by atoms with E-state index >= 15 is 0 Å². The summed E-state index contributed by atoms with van der Waals surface area (Å²) >= 11 is 1.56. The Kier molecular flexibility index (Phi) is 4.32. The van der Waals surface area contributed by atoms with Crippen LogP contribution in [0.3, 0.4) is 0 Å². The summed E-state index contributed by atoms with van der Waals surface area (Å²) in [7, 11) is -3.70. The maximum absolute atomic E-state index is 12.5. The van der Waals surface area contributed by atoms with Crippen LogP contribution in [0.1, 0.15) is 13.3 Å². The second kappa shape index (κ2) is 6.25. The molecule has 1 aliphatic rings. The van der Waals surface area contributed by atoms with Gasteiger partial charge in [-0.25, -0.2) is 8.42 Å². The molecule has 1 amide bonds. The highest BCUT2D eigenvalue weighted by Crippen LogP contribution is 2.36. The Labute approximate surface area is 139 Å². The summed E-state index contributed by atoms with van der Waals surface area (Å²) in [6, 6.07) is 13.5. The van der Waals surface area contributed by atoms with E-state index in [9.17, 15) is 13.2 Å². The van der Waals surface area contributed by atoms with E-state index in [2.05, 4.69) is 10.0 Å². The molecule has 0 bridgehead atoms. The van der Waals surface area contributed by atoms with E-state index in [1.807, 2.05) is 13.0 Å². The van der Waals surface area contributed by atoms with Crippen molar-refractivity contribution >= 4 is 39.1 Å². The molecule has 7 heteroatoms. The van der Waals surface area contributed by atoms with E-state index in [0.717, 1.165) is 4.90 Å². The first-order valence-electron chi connectivity index (χ1n) is 7.12. The third kappa shape index (κ3) is 3.68. The normalized spacial score (nSPS) is 17.8. The van der Waals surface area contributed by atoms with Gasteiger partial charge in [-0.2, -0.15) is 0 Å². The van der Waals surface area contributed by atoms with Gasteiger partial charge in [-0.1, -0.05) is 25.1 Å². The Balaban J connectivity index is 1.93. The van der Waals surface area contributed by atoms with E-state index in [0.29, 0.717) is 17.8 Å². The first-order valence-corrected chi connectivity index (χ1v) is 9.49. The second-order valence-corrected chi connectivity index (χ2v) is 8.47. The molecular weight excluding hydrogens is 332 g/mol. The molecule has 0 aliphatic carbocycles. The molecule has 0 radical (unpaired) electrons. The van der Waals surface area contributed by atoms with Crippen molar-refractivity contribution in [2.45, 2.75) is 28.4 Å². The summed E-state index contributed by atoms with van der Waals surface area (Å²) in [6.45, 7) is 1.97. The lowest BCUT2D eigenvalue weighted by Gasteiger charge is -2.12. The summed E-state index contributed by atoms with van der Waals surface area (Å²) in [6.07, 6.45) is 0.406. The monoisotopic (exact) mass is 348 g/mol. The average molecular weight is 348 g/mol. The highest BCUT2D eigenvalue weighted by molar-refractivity contribution is 8.00. The summed E-state index contributed by atoms with van der Waals surface area (Å²) in [5, 5.41) is 2.93. The smallest absolute Gasteiger partial charge is 0.261 e. The van der Waals surface area contributed by atoms with Crippen LogP contribution in [0.25, 0.3) is 0 Å². The first-order chi connectivity index (χ1) is 10.9. The predicted molar refractivity (Wildman–Crippen MR) is 92.3 cm³/mol. The second-order valence-electron chi connectivity index (χ2n) is 5.31. The van der Waals surface area contributed by atoms with Gasteiger partial charge < -0.3 is 5.32 Å². The topological polar surface area (TPSA) is 75.3 Å². The largest absolute Gasteiger partial charge is 0.325 e. The first kappa shape index (κ1) is 15.9. The number of fused-ring (bicyclic) bond motifs is 1. The molecule has 1 aliphatic heterocycles. The maximum Gasteiger partial charge on any atom is 0.261 e. The van der Waals surface area contributed by atoms with Crippen molar-refractivity contribution in [3.63, 3.8) is 0 Å². The average Bonchev–Trinajstić information content (AvgIpc) is 2.63. The molecule has 0 saturated carbocycles. The minimum absolute atomic E-state index is 0.102. The van der Waals surface area contributed by atoms with Crippen LogP contribution in [0.2, 0.25) is 0 Å². The maximum atomic E-state index is 12.5. The molecule has 0 aromatic heterocycles. The lowest BCUT2D eigenvalue weighted by atomic mass is 10.3. The molecule has 23 heavy (non-hydrogen) atoms. The van der Waals surface area contributed by atoms with E-state index in [1.165, 1.54) is 6.07 Å². The van der Waals surface area contributed by atoms with Gasteiger partial charge in [0.25, 0.3) is 10.0 Å². The molecular formula is C16H16N2O3S2. The van der Waals surface area contributed by atoms with Crippen molar-refractivity contribution in [1.29, 1.82) is 0 Å². The molecule has 3 rings (SSSR count). The Bertz CT molecular complexity index is 836. The Morgan fingerprint density at radius 1 is 1.17 bits per heavy atom. The molecule has 0 spiro atoms. The van der Waals surface area contributed by atoms with E-state index in [4.69, 9.17) is 0 Å². The van der Waals surface area contributed by atoms with Gasteiger partial charge in [0.05, 0.1) is 10.6 Å². The molecule has 1 atom stereocenters. The third-order valence-electron chi connectivity index (χ3n) is 3.36. The zero-order valence-electron chi connectivity index (χ0n) is 12.4. The van der Waals surface area contributed by atoms with Crippen LogP contribution >= 0.6 is 11.8 Å². The summed E-state index contributed by atoms with van der Waals surface area (Å²) in [5.74, 6) is -0.102. The minimum Gasteiger partial charge on any atom is -0.325 e. The number of carbonyl (C=O) groups excluding carboxylic acids is 1. The fourth-order valence-electron chi connectivity index (χ4n) is 2.32. The number of para-hydroxylation sites is 1. The van der Waals surface area contributed by atoms with Crippen molar-refractivity contribution in [2.24, 2.45) is 0 Å². The van der Waals surface area contributed by atoms with Gasteiger partial charge in [0.15, 0.2) is 0 Å². The van der Waals surface area contributed by atoms with Crippen LogP contribution in [0.5, 0.6) is 0 Å². The van der Waals surface area contributed by atoms with Crippen LogP contribution in [0, 0.1) is 0 Å². The third-order valence-corrected chi connectivity index (χ3v) is 5.92. The molecule has 2 aromatic carbocycles. The van der Waals surface area contributed by atoms with Crippen molar-refractivity contribution in [1.82, 2.24) is 0 Å². The van der Waals surface area contributed by atoms with E-state index in [1.54, 1.807) is 48.2 Å². The quantitative estimate of drug-likeness (QED) is 0.892. The number of benzene rings is 2. The number of anilines is 2. The standard InChI is InChI=1S/C16H16N2O3S2/c1-11-9-16(19)17-14-10-13(7-8-15(14)22-11)23(20,21)18-12-5-3-2-4-6-12/h2-8,10-11,18H,9H2,1H3,(H,17,19)/t11-/m1/s1. The van der Waals surface area contributed by atoms with Crippen LogP contribution in [0.4, 0.5) is 11.4 Å². The van der Waals surface area contributed by atoms with Gasteiger partial charge >= 0.3 is 0 Å². The molecule has 0 fully saturated rings. The number of hydrogen-bond donors (Lipinski definition) is 2. The lowest BCUT2D eigenvalue weighted by molar-refractivity contribution is -0.116. The summed E-state index contributed by atoms with van der Waals surface area (Å²) in [4.78, 5) is 12.8. The fraction of sp³-hybridized carbons (Fsp3) is 0.188. The van der Waals surface area contributed by atoms with Gasteiger partial charge in [-0.3, -0.25) is 9.52 Å². The molecule has 5 nitrogen and oxygen atoms in total. The van der Waals surface area contributed by atoms with Crippen molar-refractivity contribution < 1.29 is 13.2 Å². The zero-order chi connectivity index (χ0) is 16.4. The lowest BCUT2D eigenvalue weighted by Crippen LogP contribution is -2.15. The highest BCUT2D eigenvalue weighted by Gasteiger charge is 2.22. The van der Waals surface area contributed by atoms with Gasteiger partial charge in [-0.15, -0.1) is 11.8 Å². The Morgan fingerprint density at radius 3 is 2.65 bits per heavy atom. The van der Waals surface area contributed by atoms with Crippen molar-refractivity contribution in [3.8, 4) is 0 Å². The summed E-state index contributed by atoms with van der Waals surface area (Å²) in [5.41, 5.74) is 1.04. The number of hydrogen-bond acceptors (Lipinski definition) is 4. The van der Waals surface area contributed by atoms with E-state index < -0.39 is 10.0 Å². The number of amides is 1. The van der Waals surface area contributed by atoms with Crippen LogP contribution < -0.4 is 10.0 Å². The van der Waals surface area contributed by atoms with Crippen LogP contribution in [0.15, 0.2) is 58.3 Å². The van der Waals surface area contributed by atoms with Crippen molar-refractivity contribution in [2.75, 3.05) is 10.0 Å². The van der Waals surface area contributed by atoms with E-state index in [-0.39, 0.29) is 16.1 Å². The minimum atomic E-state index is -3.70. The number of carbonyl (C=O) groups is 1. The van der Waals surface area contributed by atoms with Gasteiger partial charge in [0.1, 0.15) is 0 Å². The number of sulfonamides is 1. The van der Waals surface area contributed by atoms with Gasteiger partial charge in [0, 0.05) is 22.3 Å². The van der Waals surface area contributed by atoms with Gasteiger partial charge in [-0.05, 0) is 30.3 Å². The number of thioether (sulfide) groups is 1. The van der Waals surface area contributed by atoms with Crippen LogP contribution in [-0.4, -0.2) is 19.6 Å². The zero-order valence-corrected chi connectivity index (χ0v) is 14.1. The van der Waals surface area contributed by atoms with Crippen LogP contribution in [-0.2, 0) is 14.8 Å². The molecule has 2 N–H and O–H groups in total. The molecule has 2 aromatic rings. The fourth-order valence-corrected chi connectivity index (χ4v) is 4.45. The molecule has 120 valence electrons. The summed E-state index contributed by atoms with van der Waals surface area (Å²) < 4.78 is 27.5. The molecule has 0 saturated heterocycles. The predicted octanol–water partition coefficient (Wildman–Crippen LogP) is 3.31. The molecule has 0 unspecified atom stereocenters. The number of nitrogens with one attached hydrogen (secondary N) is 2. The SMILES string of the molecule is C[C@@H]1CC(=O)Nc2cc(S(=O)(=O)Nc3ccccc3)ccc2S1. The van der Waals surface area contributed by atoms with Crippen molar-refractivity contribution in [3.05, 3.63) is 48.5 Å². The Morgan fingerprint density at radius 2 is 1.91 bits per heavy atom. The highest BCUT2D eigenvalue weighted by atomic mass is 32.2. The Hall–Kier alpha value is -1.99. The molecule has 1 heterocycles. The number of rotatable bonds is 3.